The fourth-order valence-corrected chi connectivity index (χ4v) is 3.89. The van der Waals surface area contributed by atoms with Gasteiger partial charge in [0.2, 0.25) is 5.91 Å². The van der Waals surface area contributed by atoms with E-state index in [2.05, 4.69) is 42.2 Å². The summed E-state index contributed by atoms with van der Waals surface area (Å²) in [6.45, 7) is 3.45. The van der Waals surface area contributed by atoms with Crippen molar-refractivity contribution in [2.75, 3.05) is 13.2 Å². The monoisotopic (exact) mass is 321 g/mol. The predicted molar refractivity (Wildman–Crippen MR) is 94.0 cm³/mol. The minimum absolute atomic E-state index is 0.0639. The molecule has 0 bridgehead atoms. The van der Waals surface area contributed by atoms with Gasteiger partial charge in [-0.1, -0.05) is 48.0 Å². The average Bonchev–Trinajstić information content (AvgIpc) is 3.11. The number of carbonyl (C=O) groups excluding carboxylic acids is 1. The Morgan fingerprint density at radius 2 is 1.92 bits per heavy atom. The Kier molecular flexibility index (Phi) is 4.01. The molecule has 2 aliphatic heterocycles. The van der Waals surface area contributed by atoms with Crippen LogP contribution in [-0.2, 0) is 11.2 Å². The minimum atomic E-state index is -0.0639. The SMILES string of the molecule is Cc1ccc(C2CCCN2C(=O)C2COc3ccccc3C2)cc1. The standard InChI is InChI=1S/C21H23NO2/c1-15-8-10-16(11-9-15)19-6-4-12-22(19)21(23)18-13-17-5-2-3-7-20(17)24-14-18/h2-3,5,7-11,18-19H,4,6,12-14H2,1H3. The Morgan fingerprint density at radius 3 is 2.75 bits per heavy atom. The topological polar surface area (TPSA) is 29.5 Å². The van der Waals surface area contributed by atoms with E-state index in [1.807, 2.05) is 18.2 Å². The highest BCUT2D eigenvalue weighted by molar-refractivity contribution is 5.80. The summed E-state index contributed by atoms with van der Waals surface area (Å²) in [5, 5.41) is 0. The molecule has 0 radical (unpaired) electrons. The Morgan fingerprint density at radius 1 is 1.12 bits per heavy atom. The molecule has 1 fully saturated rings. The largest absolute Gasteiger partial charge is 0.492 e. The van der Waals surface area contributed by atoms with Gasteiger partial charge in [-0.05, 0) is 43.4 Å². The van der Waals surface area contributed by atoms with Crippen LogP contribution >= 0.6 is 0 Å². The number of hydrogen-bond acceptors (Lipinski definition) is 2. The number of para-hydroxylation sites is 1. The molecule has 2 heterocycles. The third kappa shape index (κ3) is 2.79. The third-order valence-corrected chi connectivity index (χ3v) is 5.23. The van der Waals surface area contributed by atoms with Gasteiger partial charge in [0.05, 0.1) is 12.0 Å². The maximum absolute atomic E-state index is 13.1. The van der Waals surface area contributed by atoms with Crippen LogP contribution in [0.15, 0.2) is 48.5 Å². The summed E-state index contributed by atoms with van der Waals surface area (Å²) in [5.74, 6) is 1.11. The van der Waals surface area contributed by atoms with Crippen molar-refractivity contribution in [3.8, 4) is 5.75 Å². The lowest BCUT2D eigenvalue weighted by Gasteiger charge is -2.31. The predicted octanol–water partition coefficient (Wildman–Crippen LogP) is 3.91. The quantitative estimate of drug-likeness (QED) is 0.839. The summed E-state index contributed by atoms with van der Waals surface area (Å²) in [7, 11) is 0. The van der Waals surface area contributed by atoms with Gasteiger partial charge in [0, 0.05) is 6.54 Å². The molecule has 1 saturated heterocycles. The van der Waals surface area contributed by atoms with Crippen LogP contribution in [0.5, 0.6) is 5.75 Å². The molecule has 2 aromatic rings. The molecule has 2 aliphatic rings. The number of carbonyl (C=O) groups is 1. The number of benzene rings is 2. The van der Waals surface area contributed by atoms with Crippen LogP contribution in [0.4, 0.5) is 0 Å². The van der Waals surface area contributed by atoms with E-state index >= 15 is 0 Å². The van der Waals surface area contributed by atoms with Crippen molar-refractivity contribution in [3.63, 3.8) is 0 Å². The minimum Gasteiger partial charge on any atom is -0.492 e. The van der Waals surface area contributed by atoms with Gasteiger partial charge in [-0.2, -0.15) is 0 Å². The van der Waals surface area contributed by atoms with E-state index in [4.69, 9.17) is 4.74 Å². The number of amides is 1. The average molecular weight is 321 g/mol. The van der Waals surface area contributed by atoms with Crippen molar-refractivity contribution in [2.45, 2.75) is 32.2 Å². The summed E-state index contributed by atoms with van der Waals surface area (Å²) in [5.41, 5.74) is 3.66. The zero-order valence-corrected chi connectivity index (χ0v) is 14.1. The van der Waals surface area contributed by atoms with Gasteiger partial charge < -0.3 is 9.64 Å². The summed E-state index contributed by atoms with van der Waals surface area (Å²) < 4.78 is 5.83. The summed E-state index contributed by atoms with van der Waals surface area (Å²) in [6.07, 6.45) is 2.92. The number of ether oxygens (including phenoxy) is 1. The lowest BCUT2D eigenvalue weighted by atomic mass is 9.94. The van der Waals surface area contributed by atoms with Crippen LogP contribution in [0.2, 0.25) is 0 Å². The molecule has 2 unspecified atom stereocenters. The lowest BCUT2D eigenvalue weighted by molar-refractivity contribution is -0.137. The fraction of sp³-hybridized carbons (Fsp3) is 0.381. The maximum atomic E-state index is 13.1. The molecule has 2 atom stereocenters. The van der Waals surface area contributed by atoms with Crippen molar-refractivity contribution in [1.82, 2.24) is 4.90 Å². The summed E-state index contributed by atoms with van der Waals surface area (Å²) in [4.78, 5) is 15.2. The number of likely N-dealkylation sites (tertiary alicyclic amines) is 1. The number of aryl methyl sites for hydroxylation is 1. The van der Waals surface area contributed by atoms with E-state index in [1.165, 1.54) is 11.1 Å². The first-order chi connectivity index (χ1) is 11.7. The fourth-order valence-electron chi connectivity index (χ4n) is 3.89. The molecular weight excluding hydrogens is 298 g/mol. The summed E-state index contributed by atoms with van der Waals surface area (Å²) >= 11 is 0. The first-order valence-corrected chi connectivity index (χ1v) is 8.80. The van der Waals surface area contributed by atoms with Crippen LogP contribution < -0.4 is 4.74 Å². The molecule has 3 heteroatoms. The molecule has 124 valence electrons. The highest BCUT2D eigenvalue weighted by Gasteiger charge is 2.35. The van der Waals surface area contributed by atoms with Crippen molar-refractivity contribution >= 4 is 5.91 Å². The van der Waals surface area contributed by atoms with Gasteiger partial charge in [0.25, 0.3) is 0 Å². The van der Waals surface area contributed by atoms with Gasteiger partial charge in [-0.3, -0.25) is 4.79 Å². The maximum Gasteiger partial charge on any atom is 0.229 e. The number of rotatable bonds is 2. The highest BCUT2D eigenvalue weighted by atomic mass is 16.5. The zero-order valence-electron chi connectivity index (χ0n) is 14.1. The van der Waals surface area contributed by atoms with Crippen LogP contribution in [0, 0.1) is 12.8 Å². The number of hydrogen-bond donors (Lipinski definition) is 0. The number of nitrogens with zero attached hydrogens (tertiary/aromatic N) is 1. The van der Waals surface area contributed by atoms with Crippen molar-refractivity contribution in [3.05, 3.63) is 65.2 Å². The smallest absolute Gasteiger partial charge is 0.229 e. The van der Waals surface area contributed by atoms with E-state index < -0.39 is 0 Å². The molecule has 0 saturated carbocycles. The molecule has 0 aromatic heterocycles. The van der Waals surface area contributed by atoms with E-state index in [0.29, 0.717) is 6.61 Å². The molecule has 24 heavy (non-hydrogen) atoms. The molecule has 2 aromatic carbocycles. The van der Waals surface area contributed by atoms with E-state index in [9.17, 15) is 4.79 Å². The van der Waals surface area contributed by atoms with Crippen molar-refractivity contribution in [1.29, 1.82) is 0 Å². The second-order valence-corrected chi connectivity index (χ2v) is 6.92. The van der Waals surface area contributed by atoms with E-state index in [0.717, 1.165) is 37.1 Å². The Hall–Kier alpha value is -2.29. The van der Waals surface area contributed by atoms with Crippen LogP contribution in [0.25, 0.3) is 0 Å². The third-order valence-electron chi connectivity index (χ3n) is 5.23. The Balaban J connectivity index is 1.52. The molecule has 4 rings (SSSR count). The Labute approximate surface area is 143 Å². The molecule has 3 nitrogen and oxygen atoms in total. The second kappa shape index (κ2) is 6.31. The first-order valence-electron chi connectivity index (χ1n) is 8.80. The first kappa shape index (κ1) is 15.3. The molecule has 0 spiro atoms. The molecule has 1 amide bonds. The molecule has 0 N–H and O–H groups in total. The lowest BCUT2D eigenvalue weighted by Crippen LogP contribution is -2.40. The zero-order chi connectivity index (χ0) is 16.5. The van der Waals surface area contributed by atoms with Crippen molar-refractivity contribution in [2.24, 2.45) is 5.92 Å². The van der Waals surface area contributed by atoms with E-state index in [-0.39, 0.29) is 17.9 Å². The van der Waals surface area contributed by atoms with Crippen LogP contribution in [-0.4, -0.2) is 24.0 Å². The van der Waals surface area contributed by atoms with Crippen molar-refractivity contribution < 1.29 is 9.53 Å². The van der Waals surface area contributed by atoms with E-state index in [1.54, 1.807) is 0 Å². The highest BCUT2D eigenvalue weighted by Crippen LogP contribution is 2.35. The van der Waals surface area contributed by atoms with Gasteiger partial charge in [0.1, 0.15) is 12.4 Å². The Bertz CT molecular complexity index is 738. The summed E-state index contributed by atoms with van der Waals surface area (Å²) in [6, 6.07) is 16.9. The van der Waals surface area contributed by atoms with Crippen LogP contribution in [0.3, 0.4) is 0 Å². The van der Waals surface area contributed by atoms with Gasteiger partial charge in [0.15, 0.2) is 0 Å². The number of fused-ring (bicyclic) bond motifs is 1. The van der Waals surface area contributed by atoms with Crippen LogP contribution in [0.1, 0.15) is 35.6 Å². The molecule has 0 aliphatic carbocycles. The second-order valence-electron chi connectivity index (χ2n) is 6.92. The normalized spacial score (nSPS) is 22.8. The van der Waals surface area contributed by atoms with Gasteiger partial charge >= 0.3 is 0 Å². The van der Waals surface area contributed by atoms with Gasteiger partial charge in [-0.25, -0.2) is 0 Å². The molecular formula is C21H23NO2. The van der Waals surface area contributed by atoms with Gasteiger partial charge in [-0.15, -0.1) is 0 Å².